The highest BCUT2D eigenvalue weighted by atomic mass is 16.5. The van der Waals surface area contributed by atoms with Crippen molar-refractivity contribution in [2.75, 3.05) is 23.7 Å². The average Bonchev–Trinajstić information content (AvgIpc) is 2.74. The zero-order valence-electron chi connectivity index (χ0n) is 20.2. The SMILES string of the molecule is CC1CN(C(C(=O)NC(C)c2ccc(NC(=O)Nc3ccccc3)cc2)C(C)C)CC(C)O1. The van der Waals surface area contributed by atoms with Crippen LogP contribution in [0.4, 0.5) is 16.2 Å². The first kappa shape index (κ1) is 24.7. The summed E-state index contributed by atoms with van der Waals surface area (Å²) in [5.41, 5.74) is 2.39. The number of anilines is 2. The number of morpholine rings is 1. The summed E-state index contributed by atoms with van der Waals surface area (Å²) >= 11 is 0. The lowest BCUT2D eigenvalue weighted by Gasteiger charge is -2.41. The van der Waals surface area contributed by atoms with Crippen molar-refractivity contribution in [3.63, 3.8) is 0 Å². The van der Waals surface area contributed by atoms with Crippen LogP contribution in [-0.2, 0) is 9.53 Å². The highest BCUT2D eigenvalue weighted by molar-refractivity contribution is 5.99. The van der Waals surface area contributed by atoms with Gasteiger partial charge in [0, 0.05) is 24.5 Å². The van der Waals surface area contributed by atoms with Gasteiger partial charge in [-0.1, -0.05) is 44.2 Å². The van der Waals surface area contributed by atoms with Crippen LogP contribution >= 0.6 is 0 Å². The van der Waals surface area contributed by atoms with E-state index >= 15 is 0 Å². The van der Waals surface area contributed by atoms with E-state index in [0.717, 1.165) is 24.3 Å². The minimum absolute atomic E-state index is 0.0308. The first-order chi connectivity index (χ1) is 15.7. The molecule has 1 fully saturated rings. The van der Waals surface area contributed by atoms with Crippen LogP contribution in [0.2, 0.25) is 0 Å². The van der Waals surface area contributed by atoms with Crippen LogP contribution in [0, 0.1) is 5.92 Å². The minimum Gasteiger partial charge on any atom is -0.373 e. The summed E-state index contributed by atoms with van der Waals surface area (Å²) in [7, 11) is 0. The maximum Gasteiger partial charge on any atom is 0.323 e. The Morgan fingerprint density at radius 1 is 0.879 bits per heavy atom. The molecule has 7 nitrogen and oxygen atoms in total. The molecule has 0 aromatic heterocycles. The Bertz CT molecular complexity index is 907. The second-order valence-electron chi connectivity index (χ2n) is 9.20. The number of nitrogens with zero attached hydrogens (tertiary/aromatic N) is 1. The predicted octanol–water partition coefficient (Wildman–Crippen LogP) is 4.64. The Balaban J connectivity index is 1.58. The molecule has 3 N–H and O–H groups in total. The number of amides is 3. The number of hydrogen-bond acceptors (Lipinski definition) is 4. The lowest BCUT2D eigenvalue weighted by atomic mass is 9.98. The fourth-order valence-electron chi connectivity index (χ4n) is 4.39. The fourth-order valence-corrected chi connectivity index (χ4v) is 4.39. The monoisotopic (exact) mass is 452 g/mol. The van der Waals surface area contributed by atoms with Gasteiger partial charge in [-0.25, -0.2) is 4.79 Å². The van der Waals surface area contributed by atoms with E-state index in [2.05, 4.69) is 48.5 Å². The number of nitrogens with one attached hydrogen (secondary N) is 3. The standard InChI is InChI=1S/C26H36N4O3/c1-17(2)24(30-15-18(3)33-19(4)16-30)25(31)27-20(5)21-11-13-23(14-12-21)29-26(32)28-22-9-7-6-8-10-22/h6-14,17-20,24H,15-16H2,1-5H3,(H,27,31)(H2,28,29,32). The summed E-state index contributed by atoms with van der Waals surface area (Å²) in [6.45, 7) is 11.7. The molecule has 0 spiro atoms. The van der Waals surface area contributed by atoms with Gasteiger partial charge in [0.25, 0.3) is 0 Å². The molecule has 4 unspecified atom stereocenters. The number of benzene rings is 2. The van der Waals surface area contributed by atoms with Gasteiger partial charge in [0.1, 0.15) is 0 Å². The summed E-state index contributed by atoms with van der Waals surface area (Å²) in [5.74, 6) is 0.215. The maximum absolute atomic E-state index is 13.2. The molecule has 1 aliphatic heterocycles. The highest BCUT2D eigenvalue weighted by Gasteiger charge is 2.34. The van der Waals surface area contributed by atoms with E-state index in [1.165, 1.54) is 0 Å². The number of carbonyl (C=O) groups is 2. The molecule has 1 saturated heterocycles. The zero-order valence-corrected chi connectivity index (χ0v) is 20.2. The first-order valence-electron chi connectivity index (χ1n) is 11.7. The summed E-state index contributed by atoms with van der Waals surface area (Å²) in [5, 5.41) is 8.80. The molecule has 3 amide bonds. The van der Waals surface area contributed by atoms with Crippen molar-refractivity contribution in [1.29, 1.82) is 0 Å². The van der Waals surface area contributed by atoms with Gasteiger partial charge < -0.3 is 20.7 Å². The molecule has 7 heteroatoms. The third kappa shape index (κ3) is 7.04. The Hall–Kier alpha value is -2.90. The van der Waals surface area contributed by atoms with E-state index in [1.807, 2.05) is 61.5 Å². The molecule has 0 bridgehead atoms. The summed E-state index contributed by atoms with van der Waals surface area (Å²) in [6, 6.07) is 16.2. The number of hydrogen-bond donors (Lipinski definition) is 3. The average molecular weight is 453 g/mol. The van der Waals surface area contributed by atoms with Gasteiger partial charge >= 0.3 is 6.03 Å². The van der Waals surface area contributed by atoms with Crippen LogP contribution < -0.4 is 16.0 Å². The number of carbonyl (C=O) groups excluding carboxylic acids is 2. The number of rotatable bonds is 7. The maximum atomic E-state index is 13.2. The molecule has 0 aliphatic carbocycles. The molecule has 1 aliphatic rings. The molecule has 3 rings (SSSR count). The van der Waals surface area contributed by atoms with E-state index in [9.17, 15) is 9.59 Å². The third-order valence-corrected chi connectivity index (χ3v) is 5.80. The largest absolute Gasteiger partial charge is 0.373 e. The van der Waals surface area contributed by atoms with Crippen molar-refractivity contribution in [2.45, 2.75) is 58.9 Å². The Kier molecular flexibility index (Phi) is 8.47. The van der Waals surface area contributed by atoms with Gasteiger partial charge in [0.05, 0.1) is 24.3 Å². The molecule has 2 aromatic rings. The molecule has 0 saturated carbocycles. The molecule has 2 aromatic carbocycles. The summed E-state index contributed by atoms with van der Waals surface area (Å²) in [4.78, 5) is 27.6. The highest BCUT2D eigenvalue weighted by Crippen LogP contribution is 2.21. The quantitative estimate of drug-likeness (QED) is 0.571. The van der Waals surface area contributed by atoms with Gasteiger partial charge in [-0.15, -0.1) is 0 Å². The molecule has 4 atom stereocenters. The lowest BCUT2D eigenvalue weighted by molar-refractivity contribution is -0.136. The first-order valence-corrected chi connectivity index (χ1v) is 11.7. The predicted molar refractivity (Wildman–Crippen MR) is 132 cm³/mol. The second-order valence-corrected chi connectivity index (χ2v) is 9.20. The molecule has 33 heavy (non-hydrogen) atoms. The molecule has 178 valence electrons. The topological polar surface area (TPSA) is 82.7 Å². The van der Waals surface area contributed by atoms with Crippen molar-refractivity contribution >= 4 is 23.3 Å². The number of urea groups is 1. The molecule has 1 heterocycles. The van der Waals surface area contributed by atoms with E-state index < -0.39 is 0 Å². The minimum atomic E-state index is -0.302. The molecular formula is C26H36N4O3. The van der Waals surface area contributed by atoms with E-state index in [0.29, 0.717) is 5.69 Å². The van der Waals surface area contributed by atoms with Crippen LogP contribution in [0.1, 0.15) is 46.2 Å². The zero-order chi connectivity index (χ0) is 24.0. The van der Waals surface area contributed by atoms with Crippen molar-refractivity contribution in [2.24, 2.45) is 5.92 Å². The van der Waals surface area contributed by atoms with Crippen LogP contribution in [0.3, 0.4) is 0 Å². The van der Waals surface area contributed by atoms with Crippen molar-refractivity contribution in [3.05, 3.63) is 60.2 Å². The smallest absolute Gasteiger partial charge is 0.323 e. The van der Waals surface area contributed by atoms with Crippen LogP contribution in [0.15, 0.2) is 54.6 Å². The Morgan fingerprint density at radius 2 is 1.42 bits per heavy atom. The molecule has 0 radical (unpaired) electrons. The van der Waals surface area contributed by atoms with Gasteiger partial charge in [-0.3, -0.25) is 9.69 Å². The lowest BCUT2D eigenvalue weighted by Crippen LogP contribution is -2.57. The van der Waals surface area contributed by atoms with E-state index in [-0.39, 0.29) is 42.1 Å². The van der Waals surface area contributed by atoms with Crippen molar-refractivity contribution in [3.8, 4) is 0 Å². The van der Waals surface area contributed by atoms with Gasteiger partial charge in [0.2, 0.25) is 5.91 Å². The second kappa shape index (κ2) is 11.3. The van der Waals surface area contributed by atoms with Gasteiger partial charge in [-0.05, 0) is 56.5 Å². The number of para-hydroxylation sites is 1. The van der Waals surface area contributed by atoms with Crippen molar-refractivity contribution < 1.29 is 14.3 Å². The van der Waals surface area contributed by atoms with E-state index in [4.69, 9.17) is 4.74 Å². The Labute approximate surface area is 196 Å². The third-order valence-electron chi connectivity index (χ3n) is 5.80. The van der Waals surface area contributed by atoms with Gasteiger partial charge in [-0.2, -0.15) is 0 Å². The Morgan fingerprint density at radius 3 is 1.97 bits per heavy atom. The normalized spacial score (nSPS) is 20.7. The molecular weight excluding hydrogens is 416 g/mol. The van der Waals surface area contributed by atoms with Gasteiger partial charge in [0.15, 0.2) is 0 Å². The van der Waals surface area contributed by atoms with E-state index in [1.54, 1.807) is 0 Å². The van der Waals surface area contributed by atoms with Crippen LogP contribution in [0.5, 0.6) is 0 Å². The van der Waals surface area contributed by atoms with Crippen LogP contribution in [0.25, 0.3) is 0 Å². The van der Waals surface area contributed by atoms with Crippen molar-refractivity contribution in [1.82, 2.24) is 10.2 Å². The summed E-state index contributed by atoms with van der Waals surface area (Å²) in [6.07, 6.45) is 0.221. The fraction of sp³-hybridized carbons (Fsp3) is 0.462. The number of ether oxygens (including phenoxy) is 1. The summed E-state index contributed by atoms with van der Waals surface area (Å²) < 4.78 is 5.84. The van der Waals surface area contributed by atoms with Crippen LogP contribution in [-0.4, -0.2) is 48.2 Å².